The molecule has 2 unspecified atom stereocenters. The van der Waals surface area contributed by atoms with E-state index in [1.54, 1.807) is 12.5 Å². The number of hydrogen-bond donors (Lipinski definition) is 1. The van der Waals surface area contributed by atoms with Crippen LogP contribution in [0.5, 0.6) is 0 Å². The molecular weight excluding hydrogens is 192 g/mol. The summed E-state index contributed by atoms with van der Waals surface area (Å²) in [5.41, 5.74) is 1.05. The largest absolute Gasteiger partial charge is 0.472 e. The summed E-state index contributed by atoms with van der Waals surface area (Å²) in [7, 11) is 0. The van der Waals surface area contributed by atoms with Crippen LogP contribution < -0.4 is 0 Å². The SMILES string of the molecule is OC(Cc1ccoc1)CC1CCCCO1. The first-order valence-corrected chi connectivity index (χ1v) is 5.65. The molecule has 0 aliphatic carbocycles. The van der Waals surface area contributed by atoms with E-state index >= 15 is 0 Å². The van der Waals surface area contributed by atoms with Gasteiger partial charge in [-0.3, -0.25) is 0 Å². The van der Waals surface area contributed by atoms with Gasteiger partial charge in [0.2, 0.25) is 0 Å². The lowest BCUT2D eigenvalue weighted by Gasteiger charge is -2.24. The van der Waals surface area contributed by atoms with E-state index in [2.05, 4.69) is 0 Å². The zero-order valence-electron chi connectivity index (χ0n) is 8.89. The summed E-state index contributed by atoms with van der Waals surface area (Å²) in [6.45, 7) is 0.850. The number of aliphatic hydroxyl groups is 1. The van der Waals surface area contributed by atoms with Gasteiger partial charge in [-0.2, -0.15) is 0 Å². The maximum atomic E-state index is 9.85. The Kier molecular flexibility index (Phi) is 3.80. The first-order valence-electron chi connectivity index (χ1n) is 5.65. The molecule has 0 amide bonds. The van der Waals surface area contributed by atoms with Crippen LogP contribution in [-0.4, -0.2) is 23.9 Å². The molecular formula is C12H18O3. The number of hydrogen-bond acceptors (Lipinski definition) is 3. The average Bonchev–Trinajstić information content (AvgIpc) is 2.71. The summed E-state index contributed by atoms with van der Waals surface area (Å²) in [5, 5.41) is 9.85. The fourth-order valence-corrected chi connectivity index (χ4v) is 2.06. The third-order valence-corrected chi connectivity index (χ3v) is 2.86. The van der Waals surface area contributed by atoms with E-state index in [4.69, 9.17) is 9.15 Å². The van der Waals surface area contributed by atoms with Gasteiger partial charge in [0.25, 0.3) is 0 Å². The van der Waals surface area contributed by atoms with Crippen molar-refractivity contribution < 1.29 is 14.3 Å². The van der Waals surface area contributed by atoms with Gasteiger partial charge in [0.15, 0.2) is 0 Å². The highest BCUT2D eigenvalue weighted by atomic mass is 16.5. The van der Waals surface area contributed by atoms with Gasteiger partial charge in [-0.1, -0.05) is 0 Å². The van der Waals surface area contributed by atoms with Crippen LogP contribution >= 0.6 is 0 Å². The summed E-state index contributed by atoms with van der Waals surface area (Å²) in [5.74, 6) is 0. The van der Waals surface area contributed by atoms with Crippen molar-refractivity contribution in [3.63, 3.8) is 0 Å². The fourth-order valence-electron chi connectivity index (χ4n) is 2.06. The zero-order chi connectivity index (χ0) is 10.5. The van der Waals surface area contributed by atoms with Crippen LogP contribution in [0.1, 0.15) is 31.2 Å². The second kappa shape index (κ2) is 5.33. The third kappa shape index (κ3) is 3.36. The van der Waals surface area contributed by atoms with Crippen LogP contribution in [0.25, 0.3) is 0 Å². The maximum absolute atomic E-state index is 9.85. The van der Waals surface area contributed by atoms with E-state index in [1.165, 1.54) is 6.42 Å². The molecule has 15 heavy (non-hydrogen) atoms. The molecule has 1 aliphatic heterocycles. The van der Waals surface area contributed by atoms with Gasteiger partial charge >= 0.3 is 0 Å². The van der Waals surface area contributed by atoms with Crippen LogP contribution in [0.4, 0.5) is 0 Å². The Balaban J connectivity index is 1.74. The van der Waals surface area contributed by atoms with Crippen molar-refractivity contribution in [2.24, 2.45) is 0 Å². The molecule has 0 spiro atoms. The minimum absolute atomic E-state index is 0.251. The van der Waals surface area contributed by atoms with Crippen molar-refractivity contribution in [2.75, 3.05) is 6.61 Å². The van der Waals surface area contributed by atoms with Crippen molar-refractivity contribution in [3.05, 3.63) is 24.2 Å². The second-order valence-electron chi connectivity index (χ2n) is 4.21. The highest BCUT2D eigenvalue weighted by molar-refractivity contribution is 5.06. The molecule has 0 radical (unpaired) electrons. The topological polar surface area (TPSA) is 42.6 Å². The van der Waals surface area contributed by atoms with Crippen molar-refractivity contribution in [2.45, 2.75) is 44.3 Å². The van der Waals surface area contributed by atoms with Crippen LogP contribution in [-0.2, 0) is 11.2 Å². The summed E-state index contributed by atoms with van der Waals surface area (Å²) >= 11 is 0. The van der Waals surface area contributed by atoms with Gasteiger partial charge in [0.1, 0.15) is 0 Å². The van der Waals surface area contributed by atoms with Crippen molar-refractivity contribution in [1.29, 1.82) is 0 Å². The Morgan fingerprint density at radius 3 is 3.07 bits per heavy atom. The monoisotopic (exact) mass is 210 g/mol. The number of furan rings is 1. The highest BCUT2D eigenvalue weighted by Crippen LogP contribution is 2.18. The molecule has 0 aromatic carbocycles. The van der Waals surface area contributed by atoms with Crippen LogP contribution in [0.2, 0.25) is 0 Å². The zero-order valence-corrected chi connectivity index (χ0v) is 8.89. The second-order valence-corrected chi connectivity index (χ2v) is 4.21. The number of ether oxygens (including phenoxy) is 1. The van der Waals surface area contributed by atoms with E-state index in [0.717, 1.165) is 31.4 Å². The van der Waals surface area contributed by atoms with E-state index in [0.29, 0.717) is 6.42 Å². The number of aliphatic hydroxyl groups excluding tert-OH is 1. The Hall–Kier alpha value is -0.800. The van der Waals surface area contributed by atoms with Gasteiger partial charge in [0, 0.05) is 13.0 Å². The molecule has 1 aliphatic rings. The van der Waals surface area contributed by atoms with Crippen LogP contribution in [0, 0.1) is 0 Å². The van der Waals surface area contributed by atoms with Crippen LogP contribution in [0.3, 0.4) is 0 Å². The highest BCUT2D eigenvalue weighted by Gasteiger charge is 2.18. The lowest BCUT2D eigenvalue weighted by atomic mass is 10.00. The molecule has 1 saturated heterocycles. The first-order chi connectivity index (χ1) is 7.34. The summed E-state index contributed by atoms with van der Waals surface area (Å²) < 4.78 is 10.5. The molecule has 2 atom stereocenters. The summed E-state index contributed by atoms with van der Waals surface area (Å²) in [6.07, 6.45) is 8.14. The standard InChI is InChI=1S/C12H18O3/c13-11(7-10-4-6-14-9-10)8-12-3-1-2-5-15-12/h4,6,9,11-13H,1-3,5,7-8H2. The van der Waals surface area contributed by atoms with Gasteiger partial charge in [-0.25, -0.2) is 0 Å². The quantitative estimate of drug-likeness (QED) is 0.828. The van der Waals surface area contributed by atoms with Gasteiger partial charge in [-0.05, 0) is 37.3 Å². The normalized spacial score (nSPS) is 23.9. The van der Waals surface area contributed by atoms with E-state index in [9.17, 15) is 5.11 Å². The molecule has 2 heterocycles. The van der Waals surface area contributed by atoms with Gasteiger partial charge < -0.3 is 14.3 Å². The Morgan fingerprint density at radius 1 is 1.47 bits per heavy atom. The molecule has 0 bridgehead atoms. The molecule has 0 saturated carbocycles. The molecule has 1 N–H and O–H groups in total. The summed E-state index contributed by atoms with van der Waals surface area (Å²) in [6, 6.07) is 1.89. The Morgan fingerprint density at radius 2 is 2.40 bits per heavy atom. The molecule has 3 nitrogen and oxygen atoms in total. The molecule has 84 valence electrons. The smallest absolute Gasteiger partial charge is 0.0935 e. The first kappa shape index (κ1) is 10.7. The minimum Gasteiger partial charge on any atom is -0.472 e. The Labute approximate surface area is 90.0 Å². The minimum atomic E-state index is -0.314. The Bertz CT molecular complexity index is 262. The summed E-state index contributed by atoms with van der Waals surface area (Å²) in [4.78, 5) is 0. The van der Waals surface area contributed by atoms with Gasteiger partial charge in [0.05, 0.1) is 24.7 Å². The maximum Gasteiger partial charge on any atom is 0.0935 e. The van der Waals surface area contributed by atoms with E-state index < -0.39 is 0 Å². The van der Waals surface area contributed by atoms with Gasteiger partial charge in [-0.15, -0.1) is 0 Å². The van der Waals surface area contributed by atoms with E-state index in [-0.39, 0.29) is 12.2 Å². The fraction of sp³-hybridized carbons (Fsp3) is 0.667. The van der Waals surface area contributed by atoms with Crippen molar-refractivity contribution >= 4 is 0 Å². The third-order valence-electron chi connectivity index (χ3n) is 2.86. The number of rotatable bonds is 4. The predicted octanol–water partition coefficient (Wildman–Crippen LogP) is 2.14. The van der Waals surface area contributed by atoms with Crippen LogP contribution in [0.15, 0.2) is 23.0 Å². The molecule has 1 fully saturated rings. The molecule has 1 aromatic rings. The molecule has 1 aromatic heterocycles. The molecule has 2 rings (SSSR count). The lowest BCUT2D eigenvalue weighted by Crippen LogP contribution is -2.25. The lowest BCUT2D eigenvalue weighted by molar-refractivity contribution is -0.0148. The van der Waals surface area contributed by atoms with E-state index in [1.807, 2.05) is 6.07 Å². The molecule has 3 heteroatoms. The van der Waals surface area contributed by atoms with Crippen molar-refractivity contribution in [1.82, 2.24) is 0 Å². The van der Waals surface area contributed by atoms with Crippen molar-refractivity contribution in [3.8, 4) is 0 Å². The average molecular weight is 210 g/mol. The predicted molar refractivity (Wildman–Crippen MR) is 56.6 cm³/mol.